The summed E-state index contributed by atoms with van der Waals surface area (Å²) in [5.41, 5.74) is -3.46. The molecule has 0 aliphatic heterocycles. The van der Waals surface area contributed by atoms with E-state index >= 15 is 0 Å². The molecule has 86 valence electrons. The average Bonchev–Trinajstić information content (AvgIpc) is 2.15. The Labute approximate surface area is 85.6 Å². The molecule has 0 heterocycles. The lowest BCUT2D eigenvalue weighted by atomic mass is 10.1. The van der Waals surface area contributed by atoms with Gasteiger partial charge in [-0.3, -0.25) is 20.2 Å². The van der Waals surface area contributed by atoms with Gasteiger partial charge in [-0.1, -0.05) is 0 Å². The van der Waals surface area contributed by atoms with Crippen LogP contribution in [0.15, 0.2) is 18.2 Å². The SMILES string of the molecule is O=[N+]([O-])c1ccc(C(F)(F)F)cc1[N+](=O)[O-]. The molecule has 1 rings (SSSR count). The molecule has 0 atom stereocenters. The first-order valence-electron chi connectivity index (χ1n) is 3.73. The van der Waals surface area contributed by atoms with E-state index in [1.54, 1.807) is 0 Å². The van der Waals surface area contributed by atoms with Gasteiger partial charge in [-0.25, -0.2) is 0 Å². The Morgan fingerprint density at radius 1 is 1.00 bits per heavy atom. The van der Waals surface area contributed by atoms with Crippen LogP contribution in [0.25, 0.3) is 0 Å². The summed E-state index contributed by atoms with van der Waals surface area (Å²) >= 11 is 0. The van der Waals surface area contributed by atoms with E-state index in [1.165, 1.54) is 0 Å². The molecule has 6 nitrogen and oxygen atoms in total. The molecule has 0 aromatic heterocycles. The van der Waals surface area contributed by atoms with E-state index in [0.717, 1.165) is 0 Å². The number of nitrogens with zero attached hydrogens (tertiary/aromatic N) is 2. The van der Waals surface area contributed by atoms with Crippen LogP contribution in [0.4, 0.5) is 24.5 Å². The first kappa shape index (κ1) is 11.9. The highest BCUT2D eigenvalue weighted by molar-refractivity contribution is 5.54. The number of nitro benzene ring substituents is 2. The van der Waals surface area contributed by atoms with Crippen molar-refractivity contribution in [1.29, 1.82) is 0 Å². The van der Waals surface area contributed by atoms with Crippen molar-refractivity contribution >= 4 is 11.4 Å². The fraction of sp³-hybridized carbons (Fsp3) is 0.143. The second kappa shape index (κ2) is 3.76. The molecule has 1 aromatic rings. The lowest BCUT2D eigenvalue weighted by Crippen LogP contribution is -2.06. The van der Waals surface area contributed by atoms with Crippen molar-refractivity contribution in [2.24, 2.45) is 0 Å². The molecular weight excluding hydrogens is 233 g/mol. The highest BCUT2D eigenvalue weighted by atomic mass is 19.4. The van der Waals surface area contributed by atoms with Crippen LogP contribution in [-0.2, 0) is 6.18 Å². The molecule has 9 heteroatoms. The van der Waals surface area contributed by atoms with Gasteiger partial charge in [0.05, 0.1) is 15.4 Å². The van der Waals surface area contributed by atoms with E-state index in [4.69, 9.17) is 0 Å². The van der Waals surface area contributed by atoms with Gasteiger partial charge in [0, 0.05) is 12.1 Å². The van der Waals surface area contributed by atoms with E-state index in [0.29, 0.717) is 12.1 Å². The number of rotatable bonds is 2. The van der Waals surface area contributed by atoms with Crippen LogP contribution in [-0.4, -0.2) is 9.85 Å². The Bertz CT molecular complexity index is 457. The van der Waals surface area contributed by atoms with Crippen molar-refractivity contribution in [2.75, 3.05) is 0 Å². The molecule has 16 heavy (non-hydrogen) atoms. The minimum Gasteiger partial charge on any atom is -0.258 e. The number of alkyl halides is 3. The predicted octanol–water partition coefficient (Wildman–Crippen LogP) is 2.52. The molecule has 1 aromatic carbocycles. The van der Waals surface area contributed by atoms with Crippen molar-refractivity contribution in [1.82, 2.24) is 0 Å². The summed E-state index contributed by atoms with van der Waals surface area (Å²) in [5.74, 6) is 0. The quantitative estimate of drug-likeness (QED) is 0.583. The fourth-order valence-electron chi connectivity index (χ4n) is 1.00. The average molecular weight is 236 g/mol. The minimum absolute atomic E-state index is 0.137. The maximum atomic E-state index is 12.2. The molecule has 0 N–H and O–H groups in total. The van der Waals surface area contributed by atoms with Crippen molar-refractivity contribution in [3.05, 3.63) is 44.0 Å². The highest BCUT2D eigenvalue weighted by Gasteiger charge is 2.35. The lowest BCUT2D eigenvalue weighted by molar-refractivity contribution is -0.422. The highest BCUT2D eigenvalue weighted by Crippen LogP contribution is 2.35. The van der Waals surface area contributed by atoms with Crippen molar-refractivity contribution in [3.63, 3.8) is 0 Å². The monoisotopic (exact) mass is 236 g/mol. The lowest BCUT2D eigenvalue weighted by Gasteiger charge is -2.05. The zero-order chi connectivity index (χ0) is 12.5. The Kier molecular flexibility index (Phi) is 2.79. The van der Waals surface area contributed by atoms with Crippen LogP contribution in [0.3, 0.4) is 0 Å². The van der Waals surface area contributed by atoms with Gasteiger partial charge in [-0.2, -0.15) is 13.2 Å². The molecule has 0 spiro atoms. The smallest absolute Gasteiger partial charge is 0.258 e. The van der Waals surface area contributed by atoms with Gasteiger partial charge in [-0.15, -0.1) is 0 Å². The molecule has 0 amide bonds. The summed E-state index contributed by atoms with van der Waals surface area (Å²) in [7, 11) is 0. The summed E-state index contributed by atoms with van der Waals surface area (Å²) in [5, 5.41) is 20.6. The first-order valence-corrected chi connectivity index (χ1v) is 3.73. The van der Waals surface area contributed by atoms with Gasteiger partial charge < -0.3 is 0 Å². The largest absolute Gasteiger partial charge is 0.416 e. The van der Waals surface area contributed by atoms with Gasteiger partial charge >= 0.3 is 17.6 Å². The third kappa shape index (κ3) is 2.24. The molecule has 0 radical (unpaired) electrons. The summed E-state index contributed by atoms with van der Waals surface area (Å²) in [6, 6.07) is 1.02. The molecule has 0 fully saturated rings. The molecular formula is C7H3F3N2O4. The Morgan fingerprint density at radius 3 is 1.88 bits per heavy atom. The van der Waals surface area contributed by atoms with E-state index < -0.39 is 33.0 Å². The fourth-order valence-corrected chi connectivity index (χ4v) is 1.00. The summed E-state index contributed by atoms with van der Waals surface area (Å²) in [6.45, 7) is 0. The van der Waals surface area contributed by atoms with Gasteiger partial charge in [-0.05, 0) is 6.07 Å². The van der Waals surface area contributed by atoms with Crippen LogP contribution >= 0.6 is 0 Å². The van der Waals surface area contributed by atoms with Crippen LogP contribution in [0.1, 0.15) is 5.56 Å². The maximum Gasteiger partial charge on any atom is 0.416 e. The summed E-state index contributed by atoms with van der Waals surface area (Å²) in [4.78, 5) is 18.3. The maximum absolute atomic E-state index is 12.2. The van der Waals surface area contributed by atoms with Gasteiger partial charge in [0.15, 0.2) is 0 Å². The van der Waals surface area contributed by atoms with Crippen LogP contribution in [0.2, 0.25) is 0 Å². The number of hydrogen-bond acceptors (Lipinski definition) is 4. The number of hydrogen-bond donors (Lipinski definition) is 0. The number of halogens is 3. The summed E-state index contributed by atoms with van der Waals surface area (Å²) in [6.07, 6.45) is -4.78. The van der Waals surface area contributed by atoms with E-state index in [9.17, 15) is 33.4 Å². The third-order valence-corrected chi connectivity index (χ3v) is 1.70. The van der Waals surface area contributed by atoms with Gasteiger partial charge in [0.1, 0.15) is 0 Å². The molecule has 0 unspecified atom stereocenters. The standard InChI is InChI=1S/C7H3F3N2O4/c8-7(9,10)4-1-2-5(11(13)14)6(3-4)12(15)16/h1-3H. The first-order chi connectivity index (χ1) is 7.23. The third-order valence-electron chi connectivity index (χ3n) is 1.70. The molecule has 0 saturated heterocycles. The van der Waals surface area contributed by atoms with Crippen molar-refractivity contribution < 1.29 is 23.0 Å². The molecule has 0 aliphatic rings. The summed E-state index contributed by atoms with van der Waals surface area (Å²) < 4.78 is 36.5. The molecule has 0 aliphatic carbocycles. The predicted molar refractivity (Wildman–Crippen MR) is 44.8 cm³/mol. The van der Waals surface area contributed by atoms with Crippen molar-refractivity contribution in [2.45, 2.75) is 6.18 Å². The zero-order valence-corrected chi connectivity index (χ0v) is 7.39. The van der Waals surface area contributed by atoms with Crippen LogP contribution in [0, 0.1) is 20.2 Å². The van der Waals surface area contributed by atoms with Crippen LogP contribution in [0.5, 0.6) is 0 Å². The van der Waals surface area contributed by atoms with Gasteiger partial charge in [0.25, 0.3) is 0 Å². The Balaban J connectivity index is 3.40. The second-order valence-corrected chi connectivity index (χ2v) is 2.72. The number of nitro groups is 2. The number of benzene rings is 1. The second-order valence-electron chi connectivity index (χ2n) is 2.72. The van der Waals surface area contributed by atoms with E-state index in [1.807, 2.05) is 0 Å². The zero-order valence-electron chi connectivity index (χ0n) is 7.39. The Hall–Kier alpha value is -2.19. The topological polar surface area (TPSA) is 86.3 Å². The molecule has 0 bridgehead atoms. The van der Waals surface area contributed by atoms with Gasteiger partial charge in [0.2, 0.25) is 0 Å². The minimum atomic E-state index is -4.78. The Morgan fingerprint density at radius 2 is 1.50 bits per heavy atom. The van der Waals surface area contributed by atoms with E-state index in [-0.39, 0.29) is 6.07 Å². The molecule has 0 saturated carbocycles. The normalized spacial score (nSPS) is 11.2. The van der Waals surface area contributed by atoms with Crippen LogP contribution < -0.4 is 0 Å². The van der Waals surface area contributed by atoms with E-state index in [2.05, 4.69) is 0 Å². The van der Waals surface area contributed by atoms with Crippen molar-refractivity contribution in [3.8, 4) is 0 Å².